The first-order valence-electron chi connectivity index (χ1n) is 6.42. The van der Waals surface area contributed by atoms with Crippen LogP contribution in [0.2, 0.25) is 0 Å². The molecule has 0 aromatic rings. The lowest BCUT2D eigenvalue weighted by molar-refractivity contribution is -0.158. The number of aliphatic carboxylic acids is 1. The van der Waals surface area contributed by atoms with Crippen LogP contribution in [0.5, 0.6) is 0 Å². The molecule has 1 saturated carbocycles. The third-order valence-corrected chi connectivity index (χ3v) is 4.67. The van der Waals surface area contributed by atoms with E-state index >= 15 is 0 Å². The molecule has 16 heavy (non-hydrogen) atoms. The fraction of sp³-hybridized carbons (Fsp3) is 0.923. The Balaban J connectivity index is 2.22. The summed E-state index contributed by atoms with van der Waals surface area (Å²) in [6, 6.07) is 0. The highest BCUT2D eigenvalue weighted by atomic mass is 16.5. The van der Waals surface area contributed by atoms with Gasteiger partial charge < -0.3 is 9.84 Å². The third-order valence-electron chi connectivity index (χ3n) is 4.67. The third kappa shape index (κ3) is 1.75. The average molecular weight is 226 g/mol. The monoisotopic (exact) mass is 226 g/mol. The van der Waals surface area contributed by atoms with Crippen molar-refractivity contribution in [2.24, 2.45) is 17.3 Å². The summed E-state index contributed by atoms with van der Waals surface area (Å²) in [4.78, 5) is 11.7. The van der Waals surface area contributed by atoms with Gasteiger partial charge in [0, 0.05) is 6.61 Å². The number of hydrogen-bond donors (Lipinski definition) is 1. The SMILES string of the molecule is CC1CCCC(C2(C(=O)O)CCOC2C)C1. The Labute approximate surface area is 97.2 Å². The molecular formula is C13H22O3. The molecule has 1 heterocycles. The molecule has 92 valence electrons. The van der Waals surface area contributed by atoms with Crippen LogP contribution in [0.4, 0.5) is 0 Å². The number of carboxylic acids is 1. The summed E-state index contributed by atoms with van der Waals surface area (Å²) < 4.78 is 5.54. The number of ether oxygens (including phenoxy) is 1. The van der Waals surface area contributed by atoms with Gasteiger partial charge in [0.2, 0.25) is 0 Å². The van der Waals surface area contributed by atoms with E-state index in [1.807, 2.05) is 6.92 Å². The quantitative estimate of drug-likeness (QED) is 0.787. The standard InChI is InChI=1S/C13H22O3/c1-9-4-3-5-11(8-9)13(12(14)15)6-7-16-10(13)2/h9-11H,3-8H2,1-2H3,(H,14,15). The zero-order valence-electron chi connectivity index (χ0n) is 10.2. The highest BCUT2D eigenvalue weighted by molar-refractivity contribution is 5.76. The molecular weight excluding hydrogens is 204 g/mol. The fourth-order valence-electron chi connectivity index (χ4n) is 3.65. The molecule has 0 aromatic heterocycles. The molecule has 2 rings (SSSR count). The van der Waals surface area contributed by atoms with Gasteiger partial charge >= 0.3 is 5.97 Å². The summed E-state index contributed by atoms with van der Waals surface area (Å²) in [5.74, 6) is 0.339. The summed E-state index contributed by atoms with van der Waals surface area (Å²) in [5.41, 5.74) is -0.602. The van der Waals surface area contributed by atoms with Crippen LogP contribution in [0.15, 0.2) is 0 Å². The van der Waals surface area contributed by atoms with E-state index in [4.69, 9.17) is 4.74 Å². The second-order valence-electron chi connectivity index (χ2n) is 5.58. The molecule has 1 saturated heterocycles. The Morgan fingerprint density at radius 3 is 2.62 bits per heavy atom. The van der Waals surface area contributed by atoms with Crippen LogP contribution in [0.25, 0.3) is 0 Å². The second kappa shape index (κ2) is 4.36. The highest BCUT2D eigenvalue weighted by Crippen LogP contribution is 2.49. The van der Waals surface area contributed by atoms with Crippen molar-refractivity contribution in [3.63, 3.8) is 0 Å². The lowest BCUT2D eigenvalue weighted by Gasteiger charge is -2.40. The molecule has 3 nitrogen and oxygen atoms in total. The smallest absolute Gasteiger partial charge is 0.312 e. The molecule has 4 unspecified atom stereocenters. The maximum absolute atomic E-state index is 11.7. The van der Waals surface area contributed by atoms with Crippen LogP contribution in [-0.2, 0) is 9.53 Å². The van der Waals surface area contributed by atoms with E-state index in [2.05, 4.69) is 6.92 Å². The molecule has 0 spiro atoms. The number of hydrogen-bond acceptors (Lipinski definition) is 2. The van der Waals surface area contributed by atoms with Gasteiger partial charge in [0.25, 0.3) is 0 Å². The first-order valence-corrected chi connectivity index (χ1v) is 6.42. The molecule has 0 aromatic carbocycles. The average Bonchev–Trinajstić information content (AvgIpc) is 2.61. The Bertz CT molecular complexity index is 276. The summed E-state index contributed by atoms with van der Waals surface area (Å²) in [6.07, 6.45) is 5.11. The van der Waals surface area contributed by atoms with Crippen LogP contribution in [0.1, 0.15) is 46.0 Å². The van der Waals surface area contributed by atoms with Gasteiger partial charge in [0.15, 0.2) is 0 Å². The van der Waals surface area contributed by atoms with Gasteiger partial charge in [-0.1, -0.05) is 19.8 Å². The number of rotatable bonds is 2. The van der Waals surface area contributed by atoms with E-state index in [1.165, 1.54) is 12.8 Å². The van der Waals surface area contributed by atoms with Crippen molar-refractivity contribution in [2.75, 3.05) is 6.61 Å². The van der Waals surface area contributed by atoms with E-state index in [-0.39, 0.29) is 6.10 Å². The van der Waals surface area contributed by atoms with Crippen LogP contribution < -0.4 is 0 Å². The maximum atomic E-state index is 11.7. The zero-order valence-corrected chi connectivity index (χ0v) is 10.2. The van der Waals surface area contributed by atoms with Crippen LogP contribution >= 0.6 is 0 Å². The van der Waals surface area contributed by atoms with Gasteiger partial charge in [-0.25, -0.2) is 0 Å². The van der Waals surface area contributed by atoms with Crippen molar-refractivity contribution in [1.82, 2.24) is 0 Å². The van der Waals surface area contributed by atoms with Crippen LogP contribution in [0.3, 0.4) is 0 Å². The Morgan fingerprint density at radius 2 is 2.12 bits per heavy atom. The molecule has 2 aliphatic rings. The second-order valence-corrected chi connectivity index (χ2v) is 5.58. The predicted molar refractivity (Wildman–Crippen MR) is 61.2 cm³/mol. The van der Waals surface area contributed by atoms with E-state index < -0.39 is 11.4 Å². The van der Waals surface area contributed by atoms with E-state index in [0.29, 0.717) is 24.9 Å². The zero-order chi connectivity index (χ0) is 11.8. The normalized spacial score (nSPS) is 44.5. The van der Waals surface area contributed by atoms with Gasteiger partial charge in [-0.05, 0) is 38.0 Å². The van der Waals surface area contributed by atoms with E-state index in [9.17, 15) is 9.90 Å². The lowest BCUT2D eigenvalue weighted by Crippen LogP contribution is -2.45. The molecule has 2 fully saturated rings. The summed E-state index contributed by atoms with van der Waals surface area (Å²) in [5, 5.41) is 9.59. The molecule has 0 radical (unpaired) electrons. The molecule has 0 amide bonds. The van der Waals surface area contributed by atoms with Crippen molar-refractivity contribution in [3.8, 4) is 0 Å². The minimum absolute atomic E-state index is 0.125. The summed E-state index contributed by atoms with van der Waals surface area (Å²) in [7, 11) is 0. The molecule has 1 N–H and O–H groups in total. The van der Waals surface area contributed by atoms with Crippen molar-refractivity contribution in [1.29, 1.82) is 0 Å². The molecule has 4 atom stereocenters. The van der Waals surface area contributed by atoms with Gasteiger partial charge in [0.05, 0.1) is 11.5 Å². The largest absolute Gasteiger partial charge is 0.481 e. The van der Waals surface area contributed by atoms with Crippen molar-refractivity contribution in [2.45, 2.75) is 52.1 Å². The Morgan fingerprint density at radius 1 is 1.38 bits per heavy atom. The lowest BCUT2D eigenvalue weighted by atomic mass is 9.63. The Hall–Kier alpha value is -0.570. The molecule has 0 bridgehead atoms. The van der Waals surface area contributed by atoms with Gasteiger partial charge in [-0.15, -0.1) is 0 Å². The van der Waals surface area contributed by atoms with Crippen LogP contribution in [0, 0.1) is 17.3 Å². The molecule has 1 aliphatic heterocycles. The summed E-state index contributed by atoms with van der Waals surface area (Å²) >= 11 is 0. The minimum Gasteiger partial charge on any atom is -0.481 e. The van der Waals surface area contributed by atoms with E-state index in [0.717, 1.165) is 12.8 Å². The maximum Gasteiger partial charge on any atom is 0.312 e. The summed E-state index contributed by atoms with van der Waals surface area (Å²) in [6.45, 7) is 4.78. The molecule has 1 aliphatic carbocycles. The highest BCUT2D eigenvalue weighted by Gasteiger charge is 2.54. The number of carboxylic acid groups (broad SMARTS) is 1. The first kappa shape index (κ1) is 11.9. The minimum atomic E-state index is -0.642. The predicted octanol–water partition coefficient (Wildman–Crippen LogP) is 2.69. The fourth-order valence-corrected chi connectivity index (χ4v) is 3.65. The van der Waals surface area contributed by atoms with Crippen molar-refractivity contribution >= 4 is 5.97 Å². The van der Waals surface area contributed by atoms with Gasteiger partial charge in [-0.3, -0.25) is 4.79 Å². The van der Waals surface area contributed by atoms with Gasteiger partial charge in [-0.2, -0.15) is 0 Å². The molecule has 3 heteroatoms. The van der Waals surface area contributed by atoms with Gasteiger partial charge in [0.1, 0.15) is 0 Å². The topological polar surface area (TPSA) is 46.5 Å². The van der Waals surface area contributed by atoms with E-state index in [1.54, 1.807) is 0 Å². The van der Waals surface area contributed by atoms with Crippen molar-refractivity contribution in [3.05, 3.63) is 0 Å². The number of carbonyl (C=O) groups is 1. The van der Waals surface area contributed by atoms with Crippen molar-refractivity contribution < 1.29 is 14.6 Å². The first-order chi connectivity index (χ1) is 7.57. The Kier molecular flexibility index (Phi) is 3.24. The van der Waals surface area contributed by atoms with Crippen LogP contribution in [-0.4, -0.2) is 23.8 Å².